The molecule has 0 heterocycles. The summed E-state index contributed by atoms with van der Waals surface area (Å²) in [5, 5.41) is 0. The molecule has 1 atom stereocenters. The van der Waals surface area contributed by atoms with Crippen LogP contribution in [0.15, 0.2) is 36.9 Å². The van der Waals surface area contributed by atoms with E-state index in [-0.39, 0.29) is 11.1 Å². The zero-order valence-corrected chi connectivity index (χ0v) is 11.3. The Labute approximate surface area is 117 Å². The molecule has 6 nitrogen and oxygen atoms in total. The summed E-state index contributed by atoms with van der Waals surface area (Å²) in [4.78, 5) is 28.2. The minimum absolute atomic E-state index is 0.237. The molecule has 0 spiro atoms. The van der Waals surface area contributed by atoms with E-state index >= 15 is 0 Å². The third kappa shape index (κ3) is 4.83. The number of benzene rings is 1. The van der Waals surface area contributed by atoms with Crippen LogP contribution < -0.4 is 11.2 Å². The smallest absolute Gasteiger partial charge is 0.356 e. The number of rotatable bonds is 7. The van der Waals surface area contributed by atoms with Crippen molar-refractivity contribution in [1.29, 1.82) is 0 Å². The van der Waals surface area contributed by atoms with Crippen LogP contribution in [0, 0.1) is 0 Å². The number of nitrogens with one attached hydrogen (secondary N) is 1. The van der Waals surface area contributed by atoms with Crippen molar-refractivity contribution in [1.82, 2.24) is 5.48 Å². The fraction of sp³-hybridized carbons (Fsp3) is 0.286. The highest BCUT2D eigenvalue weighted by Gasteiger charge is 2.14. The van der Waals surface area contributed by atoms with Gasteiger partial charge in [-0.3, -0.25) is 5.73 Å². The molecule has 0 aromatic heterocycles. The van der Waals surface area contributed by atoms with E-state index in [9.17, 15) is 9.59 Å². The van der Waals surface area contributed by atoms with E-state index in [1.54, 1.807) is 25.1 Å². The van der Waals surface area contributed by atoms with Crippen LogP contribution in [0.3, 0.4) is 0 Å². The molecule has 1 aromatic carbocycles. The van der Waals surface area contributed by atoms with Gasteiger partial charge in [-0.05, 0) is 24.6 Å². The van der Waals surface area contributed by atoms with Gasteiger partial charge in [-0.2, -0.15) is 0 Å². The van der Waals surface area contributed by atoms with Gasteiger partial charge in [0.1, 0.15) is 0 Å². The van der Waals surface area contributed by atoms with Crippen molar-refractivity contribution in [3.05, 3.63) is 48.0 Å². The summed E-state index contributed by atoms with van der Waals surface area (Å²) in [7, 11) is 0. The van der Waals surface area contributed by atoms with E-state index in [1.807, 2.05) is 0 Å². The maximum Gasteiger partial charge on any atom is 0.356 e. The van der Waals surface area contributed by atoms with Gasteiger partial charge in [-0.25, -0.2) is 9.59 Å². The first kappa shape index (κ1) is 15.9. The Morgan fingerprint density at radius 3 is 2.65 bits per heavy atom. The van der Waals surface area contributed by atoms with Crippen molar-refractivity contribution in [2.75, 3.05) is 6.54 Å². The molecule has 0 saturated carbocycles. The average molecular weight is 278 g/mol. The minimum atomic E-state index is -0.660. The predicted octanol–water partition coefficient (Wildman–Crippen LogP) is 1.39. The number of hydrogen-bond donors (Lipinski definition) is 2. The topological polar surface area (TPSA) is 90.6 Å². The molecule has 20 heavy (non-hydrogen) atoms. The molecule has 0 radical (unpaired) electrons. The molecule has 6 heteroatoms. The zero-order chi connectivity index (χ0) is 15.0. The predicted molar refractivity (Wildman–Crippen MR) is 73.7 cm³/mol. The van der Waals surface area contributed by atoms with Gasteiger partial charge >= 0.3 is 11.9 Å². The second kappa shape index (κ2) is 8.08. The first-order valence-corrected chi connectivity index (χ1v) is 6.20. The molecule has 1 aromatic rings. The second-order valence-electron chi connectivity index (χ2n) is 3.96. The van der Waals surface area contributed by atoms with E-state index < -0.39 is 18.2 Å². The molecule has 0 aliphatic rings. The highest BCUT2D eigenvalue weighted by Crippen LogP contribution is 2.09. The fourth-order valence-corrected chi connectivity index (χ4v) is 1.29. The highest BCUT2D eigenvalue weighted by atomic mass is 16.7. The zero-order valence-electron chi connectivity index (χ0n) is 11.3. The number of nitrogens with two attached hydrogens (primary N) is 1. The normalized spacial score (nSPS) is 11.5. The van der Waals surface area contributed by atoms with Crippen molar-refractivity contribution in [2.24, 2.45) is 5.73 Å². The van der Waals surface area contributed by atoms with Crippen LogP contribution in [-0.4, -0.2) is 24.7 Å². The van der Waals surface area contributed by atoms with Crippen LogP contribution in [0.4, 0.5) is 0 Å². The summed E-state index contributed by atoms with van der Waals surface area (Å²) in [6.45, 7) is 5.61. The third-order valence-electron chi connectivity index (χ3n) is 2.39. The number of ether oxygens (including phenoxy) is 1. The summed E-state index contributed by atoms with van der Waals surface area (Å²) >= 11 is 0. The quantitative estimate of drug-likeness (QED) is 0.257. The van der Waals surface area contributed by atoms with Gasteiger partial charge in [0.2, 0.25) is 0 Å². The van der Waals surface area contributed by atoms with Crippen molar-refractivity contribution >= 4 is 11.9 Å². The van der Waals surface area contributed by atoms with E-state index in [2.05, 4.69) is 12.1 Å². The van der Waals surface area contributed by atoms with E-state index in [0.29, 0.717) is 13.0 Å². The van der Waals surface area contributed by atoms with Crippen LogP contribution >= 0.6 is 0 Å². The van der Waals surface area contributed by atoms with Gasteiger partial charge in [0, 0.05) is 6.54 Å². The number of carbonyl (C=O) groups is 2. The van der Waals surface area contributed by atoms with Crippen LogP contribution in [0.1, 0.15) is 34.1 Å². The van der Waals surface area contributed by atoms with Crippen LogP contribution in [0.2, 0.25) is 0 Å². The molecule has 1 unspecified atom stereocenters. The van der Waals surface area contributed by atoms with Gasteiger partial charge in [0.05, 0.1) is 11.1 Å². The Balaban J connectivity index is 2.72. The van der Waals surface area contributed by atoms with Crippen molar-refractivity contribution in [2.45, 2.75) is 19.6 Å². The molecule has 0 amide bonds. The van der Waals surface area contributed by atoms with Crippen molar-refractivity contribution in [3.63, 3.8) is 0 Å². The maximum absolute atomic E-state index is 11.8. The fourth-order valence-electron chi connectivity index (χ4n) is 1.29. The standard InChI is InChI=1S/C14H18N2O4/c1-3-8-16-20-14(18)11-7-5-6-10(9-11)13(17)19-12(15)4-2/h3,5-7,9,12,16H,1,4,8,15H2,2H3. The summed E-state index contributed by atoms with van der Waals surface area (Å²) in [5.41, 5.74) is 8.44. The lowest BCUT2D eigenvalue weighted by atomic mass is 10.1. The first-order valence-electron chi connectivity index (χ1n) is 6.20. The summed E-state index contributed by atoms with van der Waals surface area (Å²) in [6, 6.07) is 6.04. The van der Waals surface area contributed by atoms with Gasteiger partial charge < -0.3 is 9.57 Å². The van der Waals surface area contributed by atoms with E-state index in [0.717, 1.165) is 0 Å². The Bertz CT molecular complexity index is 488. The van der Waals surface area contributed by atoms with E-state index in [4.69, 9.17) is 15.3 Å². The minimum Gasteiger partial charge on any atom is -0.443 e. The number of hydrogen-bond acceptors (Lipinski definition) is 6. The number of esters is 1. The molecular weight excluding hydrogens is 260 g/mol. The largest absolute Gasteiger partial charge is 0.443 e. The monoisotopic (exact) mass is 278 g/mol. The number of carbonyl (C=O) groups excluding carboxylic acids is 2. The van der Waals surface area contributed by atoms with Crippen LogP contribution in [-0.2, 0) is 9.57 Å². The molecule has 0 fully saturated rings. The summed E-state index contributed by atoms with van der Waals surface area (Å²) in [5.74, 6) is -1.17. The van der Waals surface area contributed by atoms with Gasteiger partial charge in [-0.15, -0.1) is 12.1 Å². The molecule has 0 saturated heterocycles. The molecule has 0 bridgehead atoms. The molecule has 1 rings (SSSR count). The Morgan fingerprint density at radius 2 is 2.05 bits per heavy atom. The SMILES string of the molecule is C=CCNOC(=O)c1cccc(C(=O)OC(N)CC)c1. The van der Waals surface area contributed by atoms with Crippen molar-refractivity contribution < 1.29 is 19.2 Å². The lowest BCUT2D eigenvalue weighted by Crippen LogP contribution is -2.26. The van der Waals surface area contributed by atoms with E-state index in [1.165, 1.54) is 12.1 Å². The molecular formula is C14H18N2O4. The molecule has 108 valence electrons. The van der Waals surface area contributed by atoms with Crippen LogP contribution in [0.25, 0.3) is 0 Å². The van der Waals surface area contributed by atoms with Gasteiger partial charge in [0.15, 0.2) is 6.23 Å². The Hall–Kier alpha value is -2.18. The number of hydroxylamine groups is 1. The summed E-state index contributed by atoms with van der Waals surface area (Å²) < 4.78 is 4.98. The Kier molecular flexibility index (Phi) is 6.42. The average Bonchev–Trinajstić information content (AvgIpc) is 2.47. The van der Waals surface area contributed by atoms with Gasteiger partial charge in [0.25, 0.3) is 0 Å². The molecule has 0 aliphatic carbocycles. The maximum atomic E-state index is 11.8. The van der Waals surface area contributed by atoms with Crippen LogP contribution in [0.5, 0.6) is 0 Å². The Morgan fingerprint density at radius 1 is 1.40 bits per heavy atom. The van der Waals surface area contributed by atoms with Gasteiger partial charge in [-0.1, -0.05) is 19.1 Å². The first-order chi connectivity index (χ1) is 9.58. The second-order valence-corrected chi connectivity index (χ2v) is 3.96. The third-order valence-corrected chi connectivity index (χ3v) is 2.39. The lowest BCUT2D eigenvalue weighted by molar-refractivity contribution is 0.0279. The highest BCUT2D eigenvalue weighted by molar-refractivity contribution is 5.95. The summed E-state index contributed by atoms with van der Waals surface area (Å²) in [6.07, 6.45) is 1.40. The van der Waals surface area contributed by atoms with Crippen molar-refractivity contribution in [3.8, 4) is 0 Å². The lowest BCUT2D eigenvalue weighted by Gasteiger charge is -2.11. The molecule has 3 N–H and O–H groups in total. The molecule has 0 aliphatic heterocycles.